The molecule has 0 aromatic heterocycles. The molecule has 1 unspecified atom stereocenters. The summed E-state index contributed by atoms with van der Waals surface area (Å²) < 4.78 is 5.14. The Balaban J connectivity index is 0.00000191. The predicted molar refractivity (Wildman–Crippen MR) is 91.6 cm³/mol. The molecule has 0 spiro atoms. The van der Waals surface area contributed by atoms with E-state index in [4.69, 9.17) is 51.1 Å². The van der Waals surface area contributed by atoms with E-state index in [9.17, 15) is 4.79 Å². The van der Waals surface area contributed by atoms with Gasteiger partial charge in [0.15, 0.2) is 0 Å². The Labute approximate surface area is 146 Å². The fraction of sp³-hybridized carbons (Fsp3) is 0.400. The third kappa shape index (κ3) is 7.42. The third-order valence-electron chi connectivity index (χ3n) is 2.42. The second-order valence-corrected chi connectivity index (χ2v) is 5.53. The Morgan fingerprint density at radius 3 is 2.33 bits per heavy atom. The lowest BCUT2D eigenvalue weighted by molar-refractivity contribution is -0.144. The van der Waals surface area contributed by atoms with Crippen molar-refractivity contribution < 1.29 is 9.53 Å². The quantitative estimate of drug-likeness (QED) is 0.561. The van der Waals surface area contributed by atoms with Crippen LogP contribution in [0.4, 0.5) is 0 Å². The molecule has 0 radical (unpaired) electrons. The number of carbonyl (C=O) groups is 1. The maximum absolute atomic E-state index is 11.9. The van der Waals surface area contributed by atoms with E-state index in [2.05, 4.69) is 0 Å². The third-order valence-corrected chi connectivity index (χ3v) is 3.47. The van der Waals surface area contributed by atoms with Gasteiger partial charge >= 0.3 is 5.97 Å². The van der Waals surface area contributed by atoms with E-state index in [1.165, 1.54) is 0 Å². The van der Waals surface area contributed by atoms with Gasteiger partial charge in [0.1, 0.15) is 4.49 Å². The fourth-order valence-electron chi connectivity index (χ4n) is 1.55. The van der Waals surface area contributed by atoms with Gasteiger partial charge in [-0.25, -0.2) is 0 Å². The zero-order valence-electron chi connectivity index (χ0n) is 12.1. The van der Waals surface area contributed by atoms with Gasteiger partial charge in [0.05, 0.1) is 22.6 Å². The normalized spacial score (nSPS) is 11.0. The van der Waals surface area contributed by atoms with Crippen molar-refractivity contribution in [3.63, 3.8) is 0 Å². The van der Waals surface area contributed by atoms with E-state index in [0.29, 0.717) is 28.6 Å². The van der Waals surface area contributed by atoms with Crippen LogP contribution in [0, 0.1) is 0 Å². The van der Waals surface area contributed by atoms with Crippen molar-refractivity contribution in [2.24, 2.45) is 0 Å². The summed E-state index contributed by atoms with van der Waals surface area (Å²) in [5.41, 5.74) is 0.707. The molecule has 0 aliphatic rings. The molecular formula is C15H18Cl4O2. The van der Waals surface area contributed by atoms with E-state index in [0.717, 1.165) is 0 Å². The largest absolute Gasteiger partial charge is 0.466 e. The highest BCUT2D eigenvalue weighted by Gasteiger charge is 2.21. The van der Waals surface area contributed by atoms with Gasteiger partial charge in [-0.2, -0.15) is 0 Å². The lowest BCUT2D eigenvalue weighted by Gasteiger charge is -2.15. The Hall–Kier alpha value is -0.410. The molecule has 0 aliphatic carbocycles. The minimum atomic E-state index is -0.512. The highest BCUT2D eigenvalue weighted by Crippen LogP contribution is 2.30. The minimum Gasteiger partial charge on any atom is -0.466 e. The van der Waals surface area contributed by atoms with Gasteiger partial charge in [-0.15, -0.1) is 0 Å². The Morgan fingerprint density at radius 1 is 1.24 bits per heavy atom. The zero-order valence-corrected chi connectivity index (χ0v) is 15.2. The van der Waals surface area contributed by atoms with E-state index in [1.807, 2.05) is 13.8 Å². The summed E-state index contributed by atoms with van der Waals surface area (Å²) in [7, 11) is 0. The molecule has 1 aromatic carbocycles. The van der Waals surface area contributed by atoms with Crippen LogP contribution in [0.3, 0.4) is 0 Å². The number of halogens is 4. The maximum Gasteiger partial charge on any atom is 0.313 e. The number of esters is 1. The summed E-state index contributed by atoms with van der Waals surface area (Å²) in [6, 6.07) is 5.00. The lowest BCUT2D eigenvalue weighted by Crippen LogP contribution is -2.15. The van der Waals surface area contributed by atoms with E-state index in [-0.39, 0.29) is 10.5 Å². The summed E-state index contributed by atoms with van der Waals surface area (Å²) in [5.74, 6) is -0.867. The van der Waals surface area contributed by atoms with E-state index < -0.39 is 5.92 Å². The summed E-state index contributed by atoms with van der Waals surface area (Å²) in [4.78, 5) is 11.9. The lowest BCUT2D eigenvalue weighted by atomic mass is 9.96. The van der Waals surface area contributed by atoms with Crippen LogP contribution in [0.1, 0.15) is 38.7 Å². The van der Waals surface area contributed by atoms with Crippen molar-refractivity contribution in [3.05, 3.63) is 44.4 Å². The number of allylic oxidation sites excluding steroid dienone is 1. The molecule has 0 aliphatic heterocycles. The van der Waals surface area contributed by atoms with Crippen LogP contribution in [0.15, 0.2) is 28.8 Å². The summed E-state index contributed by atoms with van der Waals surface area (Å²) in [6.45, 7) is 6.04. The average molecular weight is 372 g/mol. The van der Waals surface area contributed by atoms with Crippen LogP contribution >= 0.6 is 46.4 Å². The van der Waals surface area contributed by atoms with Crippen LogP contribution in [0.25, 0.3) is 0 Å². The Bertz CT molecular complexity index is 483. The summed E-state index contributed by atoms with van der Waals surface area (Å²) in [5, 5.41) is 0.813. The molecule has 21 heavy (non-hydrogen) atoms. The number of hydrogen-bond donors (Lipinski definition) is 0. The van der Waals surface area contributed by atoms with Gasteiger partial charge in [0.25, 0.3) is 0 Å². The first-order valence-corrected chi connectivity index (χ1v) is 8.09. The molecule has 6 heteroatoms. The Kier molecular flexibility index (Phi) is 11.0. The van der Waals surface area contributed by atoms with Gasteiger partial charge in [-0.1, -0.05) is 72.4 Å². The smallest absolute Gasteiger partial charge is 0.313 e. The molecule has 118 valence electrons. The van der Waals surface area contributed by atoms with Crippen molar-refractivity contribution in [1.29, 1.82) is 0 Å². The van der Waals surface area contributed by atoms with Gasteiger partial charge in [0.2, 0.25) is 0 Å². The highest BCUT2D eigenvalue weighted by atomic mass is 35.5. The van der Waals surface area contributed by atoms with E-state index in [1.54, 1.807) is 31.2 Å². The first kappa shape index (κ1) is 20.6. The van der Waals surface area contributed by atoms with Crippen LogP contribution in [0.2, 0.25) is 10.0 Å². The number of rotatable bonds is 5. The van der Waals surface area contributed by atoms with Crippen LogP contribution < -0.4 is 0 Å². The van der Waals surface area contributed by atoms with Crippen molar-refractivity contribution in [3.8, 4) is 0 Å². The number of ether oxygens (including phenoxy) is 1. The number of benzene rings is 1. The molecule has 0 saturated heterocycles. The Morgan fingerprint density at radius 2 is 1.86 bits per heavy atom. The summed E-state index contributed by atoms with van der Waals surface area (Å²) >= 11 is 23.0. The molecule has 2 nitrogen and oxygen atoms in total. The van der Waals surface area contributed by atoms with Crippen LogP contribution in [0.5, 0.6) is 0 Å². The average Bonchev–Trinajstić information content (AvgIpc) is 2.45. The maximum atomic E-state index is 11.9. The second kappa shape index (κ2) is 11.2. The van der Waals surface area contributed by atoms with Crippen LogP contribution in [-0.2, 0) is 9.53 Å². The fourth-order valence-corrected chi connectivity index (χ4v) is 2.03. The minimum absolute atomic E-state index is 0.106. The van der Waals surface area contributed by atoms with Crippen molar-refractivity contribution in [2.45, 2.75) is 33.1 Å². The molecule has 0 bridgehead atoms. The molecule has 0 amide bonds. The van der Waals surface area contributed by atoms with Gasteiger partial charge in [-0.05, 0) is 31.0 Å². The van der Waals surface area contributed by atoms with Crippen molar-refractivity contribution in [2.75, 3.05) is 6.61 Å². The van der Waals surface area contributed by atoms with Gasteiger partial charge in [-0.3, -0.25) is 4.79 Å². The molecule has 0 heterocycles. The number of carbonyl (C=O) groups excluding carboxylic acids is 1. The SMILES string of the molecule is CC.CCOC(=O)C(CC=C(Cl)Cl)c1ccc(Cl)c(Cl)c1. The highest BCUT2D eigenvalue weighted by molar-refractivity contribution is 6.55. The summed E-state index contributed by atoms with van der Waals surface area (Å²) in [6.07, 6.45) is 1.88. The molecule has 0 saturated carbocycles. The van der Waals surface area contributed by atoms with Crippen molar-refractivity contribution in [1.82, 2.24) is 0 Å². The van der Waals surface area contributed by atoms with Gasteiger partial charge in [0, 0.05) is 0 Å². The molecule has 1 atom stereocenters. The van der Waals surface area contributed by atoms with Crippen LogP contribution in [-0.4, -0.2) is 12.6 Å². The molecule has 1 rings (SSSR count). The van der Waals surface area contributed by atoms with Crippen molar-refractivity contribution >= 4 is 52.4 Å². The molecule has 0 N–H and O–H groups in total. The van der Waals surface area contributed by atoms with E-state index >= 15 is 0 Å². The first-order valence-electron chi connectivity index (χ1n) is 6.58. The topological polar surface area (TPSA) is 26.3 Å². The standard InChI is InChI=1S/C13H12Cl4O2.C2H6/c1-2-19-13(18)9(4-6-12(16)17)8-3-5-10(14)11(15)7-8;1-2/h3,5-7,9H,2,4H2,1H3;1-2H3. The monoisotopic (exact) mass is 370 g/mol. The second-order valence-electron chi connectivity index (χ2n) is 3.71. The molecule has 1 aromatic rings. The molecule has 0 fully saturated rings. The first-order chi connectivity index (χ1) is 9.95. The number of hydrogen-bond acceptors (Lipinski definition) is 2. The van der Waals surface area contributed by atoms with Gasteiger partial charge < -0.3 is 4.74 Å². The zero-order chi connectivity index (χ0) is 16.4. The molecular weight excluding hydrogens is 354 g/mol. The predicted octanol–water partition coefficient (Wildman–Crippen LogP) is 6.38.